The van der Waals surface area contributed by atoms with E-state index in [1.54, 1.807) is 13.2 Å². The van der Waals surface area contributed by atoms with Crippen LogP contribution < -0.4 is 0 Å². The first-order valence-corrected chi connectivity index (χ1v) is 6.94. The Morgan fingerprint density at radius 2 is 2.25 bits per heavy atom. The van der Waals surface area contributed by atoms with Crippen molar-refractivity contribution in [2.75, 3.05) is 27.3 Å². The minimum Gasteiger partial charge on any atom is -0.475 e. The van der Waals surface area contributed by atoms with Crippen LogP contribution in [0.2, 0.25) is 0 Å². The number of carboxylic acid groups (broad SMARTS) is 1. The normalized spacial score (nSPS) is 11.4. The zero-order valence-corrected chi connectivity index (χ0v) is 12.9. The Balaban J connectivity index is 2.40. The van der Waals surface area contributed by atoms with Crippen molar-refractivity contribution in [2.24, 2.45) is 0 Å². The molecule has 0 spiro atoms. The van der Waals surface area contributed by atoms with Gasteiger partial charge in [0.15, 0.2) is 0 Å². The first kappa shape index (κ1) is 15.0. The van der Waals surface area contributed by atoms with E-state index in [-0.39, 0.29) is 5.76 Å². The average molecular weight is 342 g/mol. The van der Waals surface area contributed by atoms with Crippen LogP contribution in [0.3, 0.4) is 0 Å². The number of ether oxygens (including phenoxy) is 1. The zero-order valence-electron chi connectivity index (χ0n) is 11.4. The van der Waals surface area contributed by atoms with Gasteiger partial charge in [0.05, 0.1) is 6.61 Å². The van der Waals surface area contributed by atoms with Gasteiger partial charge in [-0.3, -0.25) is 4.90 Å². The van der Waals surface area contributed by atoms with Crippen LogP contribution in [-0.4, -0.2) is 43.3 Å². The zero-order chi connectivity index (χ0) is 14.7. The van der Waals surface area contributed by atoms with Crippen molar-refractivity contribution in [2.45, 2.75) is 6.54 Å². The molecule has 1 aromatic carbocycles. The Morgan fingerprint density at radius 1 is 1.50 bits per heavy atom. The topological polar surface area (TPSA) is 62.9 Å². The maximum Gasteiger partial charge on any atom is 0.372 e. The van der Waals surface area contributed by atoms with Crippen molar-refractivity contribution in [3.63, 3.8) is 0 Å². The highest BCUT2D eigenvalue weighted by molar-refractivity contribution is 9.10. The lowest BCUT2D eigenvalue weighted by molar-refractivity contribution is 0.0661. The number of methoxy groups -OCH3 is 1. The molecule has 0 aliphatic heterocycles. The Labute approximate surface area is 125 Å². The summed E-state index contributed by atoms with van der Waals surface area (Å²) in [6.45, 7) is 1.81. The predicted octanol–water partition coefficient (Wildman–Crippen LogP) is 2.97. The number of halogens is 1. The number of benzene rings is 1. The van der Waals surface area contributed by atoms with Crippen LogP contribution in [0, 0.1) is 0 Å². The summed E-state index contributed by atoms with van der Waals surface area (Å²) in [5.74, 6) is -1.05. The van der Waals surface area contributed by atoms with E-state index in [0.29, 0.717) is 24.3 Å². The lowest BCUT2D eigenvalue weighted by atomic mass is 10.1. The largest absolute Gasteiger partial charge is 0.475 e. The van der Waals surface area contributed by atoms with Crippen molar-refractivity contribution >= 4 is 32.9 Å². The predicted molar refractivity (Wildman–Crippen MR) is 79.1 cm³/mol. The number of fused-ring (bicyclic) bond motifs is 1. The molecule has 6 heteroatoms. The Hall–Kier alpha value is -1.37. The highest BCUT2D eigenvalue weighted by Gasteiger charge is 2.21. The van der Waals surface area contributed by atoms with E-state index in [4.69, 9.17) is 9.15 Å². The van der Waals surface area contributed by atoms with Gasteiger partial charge in [-0.25, -0.2) is 4.79 Å². The summed E-state index contributed by atoms with van der Waals surface area (Å²) in [6.07, 6.45) is 0. The van der Waals surface area contributed by atoms with Gasteiger partial charge in [-0.05, 0) is 25.2 Å². The number of carbonyl (C=O) groups is 1. The lowest BCUT2D eigenvalue weighted by Gasteiger charge is -2.15. The van der Waals surface area contributed by atoms with Gasteiger partial charge in [-0.1, -0.05) is 15.9 Å². The molecule has 2 aromatic rings. The van der Waals surface area contributed by atoms with Gasteiger partial charge in [0.25, 0.3) is 0 Å². The van der Waals surface area contributed by atoms with Crippen LogP contribution in [-0.2, 0) is 11.3 Å². The number of carboxylic acids is 1. The maximum absolute atomic E-state index is 11.3. The van der Waals surface area contributed by atoms with Crippen molar-refractivity contribution in [3.8, 4) is 0 Å². The van der Waals surface area contributed by atoms with Crippen molar-refractivity contribution < 1.29 is 19.1 Å². The molecule has 0 aliphatic carbocycles. The first-order valence-electron chi connectivity index (χ1n) is 6.14. The maximum atomic E-state index is 11.3. The summed E-state index contributed by atoms with van der Waals surface area (Å²) in [5.41, 5.74) is 1.27. The second-order valence-electron chi connectivity index (χ2n) is 4.59. The molecule has 0 bridgehead atoms. The quantitative estimate of drug-likeness (QED) is 0.875. The number of rotatable bonds is 6. The van der Waals surface area contributed by atoms with Crippen LogP contribution in [0.15, 0.2) is 27.1 Å². The molecule has 0 saturated carbocycles. The molecule has 1 heterocycles. The fraction of sp³-hybridized carbons (Fsp3) is 0.357. The molecule has 5 nitrogen and oxygen atoms in total. The van der Waals surface area contributed by atoms with Gasteiger partial charge in [0.1, 0.15) is 5.58 Å². The van der Waals surface area contributed by atoms with Gasteiger partial charge in [0, 0.05) is 35.6 Å². The molecule has 0 saturated heterocycles. The van der Waals surface area contributed by atoms with E-state index in [0.717, 1.165) is 16.4 Å². The standard InChI is InChI=1S/C14H16BrNO4/c1-16(5-6-19-2)8-11-10-7-9(15)3-4-12(10)20-13(11)14(17)18/h3-4,7H,5-6,8H2,1-2H3,(H,17,18). The Morgan fingerprint density at radius 3 is 2.90 bits per heavy atom. The number of likely N-dealkylation sites (N-methyl/N-ethyl adjacent to an activating group) is 1. The van der Waals surface area contributed by atoms with Crippen LogP contribution in [0.5, 0.6) is 0 Å². The molecule has 0 amide bonds. The van der Waals surface area contributed by atoms with E-state index >= 15 is 0 Å². The second-order valence-corrected chi connectivity index (χ2v) is 5.50. The molecule has 1 N–H and O–H groups in total. The Kier molecular flexibility index (Phi) is 4.80. The number of furan rings is 1. The average Bonchev–Trinajstić information content (AvgIpc) is 2.75. The van der Waals surface area contributed by atoms with Gasteiger partial charge >= 0.3 is 5.97 Å². The van der Waals surface area contributed by atoms with Gasteiger partial charge in [-0.2, -0.15) is 0 Å². The minimum absolute atomic E-state index is 0.00219. The van der Waals surface area contributed by atoms with E-state index in [1.165, 1.54) is 0 Å². The Bertz CT molecular complexity index is 623. The molecular formula is C14H16BrNO4. The van der Waals surface area contributed by atoms with Gasteiger partial charge in [-0.15, -0.1) is 0 Å². The second kappa shape index (κ2) is 6.39. The lowest BCUT2D eigenvalue weighted by Crippen LogP contribution is -2.23. The fourth-order valence-electron chi connectivity index (χ4n) is 2.05. The number of hydrogen-bond donors (Lipinski definition) is 1. The molecule has 1 aromatic heterocycles. The van der Waals surface area contributed by atoms with Gasteiger partial charge < -0.3 is 14.3 Å². The van der Waals surface area contributed by atoms with E-state index in [9.17, 15) is 9.90 Å². The molecule has 0 radical (unpaired) electrons. The summed E-state index contributed by atoms with van der Waals surface area (Å²) < 4.78 is 11.4. The third-order valence-corrected chi connectivity index (χ3v) is 3.55. The SMILES string of the molecule is COCCN(C)Cc1c(C(=O)O)oc2ccc(Br)cc12. The molecule has 0 aliphatic rings. The molecule has 20 heavy (non-hydrogen) atoms. The molecule has 2 rings (SSSR count). The number of aromatic carboxylic acids is 1. The van der Waals surface area contributed by atoms with Crippen LogP contribution in [0.1, 0.15) is 16.1 Å². The summed E-state index contributed by atoms with van der Waals surface area (Å²) in [6, 6.07) is 5.48. The van der Waals surface area contributed by atoms with E-state index in [1.807, 2.05) is 24.1 Å². The van der Waals surface area contributed by atoms with Crippen molar-refractivity contribution in [3.05, 3.63) is 34.0 Å². The van der Waals surface area contributed by atoms with Crippen LogP contribution >= 0.6 is 15.9 Å². The van der Waals surface area contributed by atoms with Crippen molar-refractivity contribution in [1.29, 1.82) is 0 Å². The third-order valence-electron chi connectivity index (χ3n) is 3.05. The highest BCUT2D eigenvalue weighted by Crippen LogP contribution is 2.29. The van der Waals surface area contributed by atoms with E-state index in [2.05, 4.69) is 15.9 Å². The number of nitrogens with zero attached hydrogens (tertiary/aromatic N) is 1. The summed E-state index contributed by atoms with van der Waals surface area (Å²) in [5, 5.41) is 10.1. The molecular weight excluding hydrogens is 326 g/mol. The minimum atomic E-state index is -1.05. The van der Waals surface area contributed by atoms with Crippen molar-refractivity contribution in [1.82, 2.24) is 4.90 Å². The molecule has 0 fully saturated rings. The van der Waals surface area contributed by atoms with Crippen LogP contribution in [0.25, 0.3) is 11.0 Å². The smallest absolute Gasteiger partial charge is 0.372 e. The van der Waals surface area contributed by atoms with Gasteiger partial charge in [0.2, 0.25) is 5.76 Å². The molecule has 0 unspecified atom stereocenters. The summed E-state index contributed by atoms with van der Waals surface area (Å²) >= 11 is 3.40. The number of hydrogen-bond acceptors (Lipinski definition) is 4. The molecule has 108 valence electrons. The first-order chi connectivity index (χ1) is 9.52. The van der Waals surface area contributed by atoms with E-state index < -0.39 is 5.97 Å². The van der Waals surface area contributed by atoms with Crippen LogP contribution in [0.4, 0.5) is 0 Å². The molecule has 0 atom stereocenters. The highest BCUT2D eigenvalue weighted by atomic mass is 79.9. The summed E-state index contributed by atoms with van der Waals surface area (Å²) in [7, 11) is 3.56. The summed E-state index contributed by atoms with van der Waals surface area (Å²) in [4.78, 5) is 13.3. The third kappa shape index (κ3) is 3.20. The fourth-order valence-corrected chi connectivity index (χ4v) is 2.41. The monoisotopic (exact) mass is 341 g/mol.